The molecule has 10 heteroatoms. The van der Waals surface area contributed by atoms with E-state index >= 15 is 0 Å². The average molecular weight is 437 g/mol. The zero-order valence-electron chi connectivity index (χ0n) is 17.5. The summed E-state index contributed by atoms with van der Waals surface area (Å²) in [6.45, 7) is 1.51. The molecular weight excluding hydrogens is 414 g/mol. The number of nitrogens with zero attached hydrogens (tertiary/aromatic N) is 4. The summed E-state index contributed by atoms with van der Waals surface area (Å²) in [6, 6.07) is 10.3. The monoisotopic (exact) mass is 437 g/mol. The van der Waals surface area contributed by atoms with Crippen LogP contribution in [-0.2, 0) is 16.1 Å². The molecule has 1 aliphatic heterocycles. The van der Waals surface area contributed by atoms with Gasteiger partial charge in [0.25, 0.3) is 5.91 Å². The number of carbonyl (C=O) groups is 2. The number of aromatic nitrogens is 3. The number of carboxylic acid groups (broad SMARTS) is 1. The van der Waals surface area contributed by atoms with Crippen LogP contribution in [0, 0.1) is 0 Å². The highest BCUT2D eigenvalue weighted by atomic mass is 16.5. The maximum absolute atomic E-state index is 11.6. The first-order valence-electron chi connectivity index (χ1n) is 10.2. The van der Waals surface area contributed by atoms with E-state index in [0.29, 0.717) is 29.6 Å². The lowest BCUT2D eigenvalue weighted by molar-refractivity contribution is -0.119. The Kier molecular flexibility index (Phi) is 6.52. The van der Waals surface area contributed by atoms with Crippen LogP contribution in [0.3, 0.4) is 0 Å². The molecule has 0 saturated carbocycles. The Balaban J connectivity index is 1.43. The third-order valence-corrected chi connectivity index (χ3v) is 5.24. The molecule has 3 aromatic rings. The Labute approximate surface area is 184 Å². The highest BCUT2D eigenvalue weighted by Crippen LogP contribution is 2.33. The van der Waals surface area contributed by atoms with Crippen LogP contribution < -0.4 is 5.32 Å². The topological polar surface area (TPSA) is 131 Å². The van der Waals surface area contributed by atoms with Gasteiger partial charge in [0, 0.05) is 25.4 Å². The lowest BCUT2D eigenvalue weighted by Gasteiger charge is -2.21. The highest BCUT2D eigenvalue weighted by molar-refractivity contribution is 5.90. The van der Waals surface area contributed by atoms with Crippen molar-refractivity contribution < 1.29 is 24.0 Å². The predicted molar refractivity (Wildman–Crippen MR) is 114 cm³/mol. The summed E-state index contributed by atoms with van der Waals surface area (Å²) in [5, 5.41) is 15.8. The summed E-state index contributed by atoms with van der Waals surface area (Å²) >= 11 is 0. The molecule has 4 rings (SSSR count). The van der Waals surface area contributed by atoms with Crippen LogP contribution in [-0.4, -0.2) is 57.3 Å². The van der Waals surface area contributed by atoms with E-state index in [1.807, 2.05) is 12.1 Å². The second kappa shape index (κ2) is 9.67. The number of carbonyl (C=O) groups excluding carboxylic acids is 1. The molecule has 1 aromatic carbocycles. The zero-order chi connectivity index (χ0) is 22.5. The molecule has 1 unspecified atom stereocenters. The molecule has 0 radical (unpaired) electrons. The number of rotatable bonds is 8. The van der Waals surface area contributed by atoms with Crippen molar-refractivity contribution in [2.75, 3.05) is 25.6 Å². The summed E-state index contributed by atoms with van der Waals surface area (Å²) in [4.78, 5) is 33.6. The van der Waals surface area contributed by atoms with Gasteiger partial charge in [-0.1, -0.05) is 17.3 Å². The number of benzene rings is 1. The lowest BCUT2D eigenvalue weighted by atomic mass is 10.1. The molecule has 0 aliphatic carbocycles. The first-order valence-corrected chi connectivity index (χ1v) is 10.2. The molecule has 0 spiro atoms. The number of hydrogen-bond acceptors (Lipinski definition) is 8. The minimum absolute atomic E-state index is 0.00374. The maximum atomic E-state index is 11.6. The molecule has 1 amide bonds. The molecule has 1 saturated heterocycles. The van der Waals surface area contributed by atoms with Crippen LogP contribution in [0.15, 0.2) is 47.1 Å². The van der Waals surface area contributed by atoms with Gasteiger partial charge in [-0.3, -0.25) is 9.69 Å². The van der Waals surface area contributed by atoms with E-state index in [-0.39, 0.29) is 24.1 Å². The minimum atomic E-state index is -0.936. The van der Waals surface area contributed by atoms with E-state index in [9.17, 15) is 9.59 Å². The molecule has 32 heavy (non-hydrogen) atoms. The molecule has 166 valence electrons. The van der Waals surface area contributed by atoms with Crippen molar-refractivity contribution in [1.82, 2.24) is 20.0 Å². The van der Waals surface area contributed by atoms with E-state index in [4.69, 9.17) is 14.4 Å². The SMILES string of the molecule is COCC(=O)Nc1ccc(-c2noc(C3CCCN3Cc3ccc(C(=O)O)cc3)n2)cn1. The number of pyridine rings is 1. The van der Waals surface area contributed by atoms with E-state index in [2.05, 4.69) is 25.3 Å². The van der Waals surface area contributed by atoms with Crippen molar-refractivity contribution in [1.29, 1.82) is 0 Å². The second-order valence-corrected chi connectivity index (χ2v) is 7.50. The zero-order valence-corrected chi connectivity index (χ0v) is 17.5. The third kappa shape index (κ3) is 4.98. The maximum Gasteiger partial charge on any atom is 0.335 e. The van der Waals surface area contributed by atoms with Gasteiger partial charge in [-0.25, -0.2) is 9.78 Å². The van der Waals surface area contributed by atoms with Crippen molar-refractivity contribution in [2.45, 2.75) is 25.4 Å². The molecule has 2 N–H and O–H groups in total. The number of hydrogen-bond donors (Lipinski definition) is 2. The van der Waals surface area contributed by atoms with Gasteiger partial charge in [-0.15, -0.1) is 0 Å². The van der Waals surface area contributed by atoms with Crippen molar-refractivity contribution in [2.24, 2.45) is 0 Å². The van der Waals surface area contributed by atoms with Gasteiger partial charge in [0.1, 0.15) is 12.4 Å². The van der Waals surface area contributed by atoms with Crippen LogP contribution in [0.1, 0.15) is 40.7 Å². The predicted octanol–water partition coefficient (Wildman–Crippen LogP) is 2.75. The van der Waals surface area contributed by atoms with Gasteiger partial charge < -0.3 is 19.7 Å². The summed E-state index contributed by atoms with van der Waals surface area (Å²) in [6.07, 6.45) is 3.48. The molecule has 2 aromatic heterocycles. The van der Waals surface area contributed by atoms with Crippen LogP contribution in [0.2, 0.25) is 0 Å². The number of aromatic carboxylic acids is 1. The molecule has 0 bridgehead atoms. The third-order valence-electron chi connectivity index (χ3n) is 5.24. The van der Waals surface area contributed by atoms with Crippen molar-refractivity contribution >= 4 is 17.7 Å². The van der Waals surface area contributed by atoms with Gasteiger partial charge in [0.15, 0.2) is 0 Å². The van der Waals surface area contributed by atoms with Crippen LogP contribution in [0.25, 0.3) is 11.4 Å². The molecule has 1 atom stereocenters. The van der Waals surface area contributed by atoms with E-state index in [1.54, 1.807) is 30.5 Å². The summed E-state index contributed by atoms with van der Waals surface area (Å²) in [5.74, 6) is 0.162. The second-order valence-electron chi connectivity index (χ2n) is 7.50. The van der Waals surface area contributed by atoms with Crippen LogP contribution in [0.5, 0.6) is 0 Å². The van der Waals surface area contributed by atoms with Gasteiger partial charge in [-0.05, 0) is 49.2 Å². The molecule has 3 heterocycles. The van der Waals surface area contributed by atoms with Crippen LogP contribution >= 0.6 is 0 Å². The first-order chi connectivity index (χ1) is 15.5. The van der Waals surface area contributed by atoms with E-state index in [1.165, 1.54) is 7.11 Å². The van der Waals surface area contributed by atoms with Crippen LogP contribution in [0.4, 0.5) is 5.82 Å². The Morgan fingerprint density at radius 3 is 2.75 bits per heavy atom. The number of methoxy groups -OCH3 is 1. The number of anilines is 1. The summed E-state index contributed by atoms with van der Waals surface area (Å²) < 4.78 is 10.3. The number of ether oxygens (including phenoxy) is 1. The summed E-state index contributed by atoms with van der Waals surface area (Å²) in [5.41, 5.74) is 1.97. The fourth-order valence-corrected chi connectivity index (χ4v) is 3.68. The quantitative estimate of drug-likeness (QED) is 0.546. The average Bonchev–Trinajstić information content (AvgIpc) is 3.44. The van der Waals surface area contributed by atoms with Gasteiger partial charge >= 0.3 is 5.97 Å². The Morgan fingerprint density at radius 2 is 2.06 bits per heavy atom. The lowest BCUT2D eigenvalue weighted by Crippen LogP contribution is -2.23. The first kappa shape index (κ1) is 21.6. The molecule has 1 aliphatic rings. The standard InChI is InChI=1S/C22H23N5O5/c1-31-13-19(28)24-18-9-8-16(11-23-18)20-25-21(32-26-20)17-3-2-10-27(17)12-14-4-6-15(7-5-14)22(29)30/h4-9,11,17H,2-3,10,12-13H2,1H3,(H,29,30)(H,23,24,28). The largest absolute Gasteiger partial charge is 0.478 e. The minimum Gasteiger partial charge on any atom is -0.478 e. The van der Waals surface area contributed by atoms with Crippen molar-refractivity contribution in [3.63, 3.8) is 0 Å². The highest BCUT2D eigenvalue weighted by Gasteiger charge is 2.31. The molecular formula is C22H23N5O5. The number of carboxylic acids is 1. The number of likely N-dealkylation sites (tertiary alicyclic amines) is 1. The Hall–Kier alpha value is -3.63. The Morgan fingerprint density at radius 1 is 1.25 bits per heavy atom. The summed E-state index contributed by atoms with van der Waals surface area (Å²) in [7, 11) is 1.45. The molecule has 1 fully saturated rings. The van der Waals surface area contributed by atoms with Gasteiger partial charge in [-0.2, -0.15) is 4.98 Å². The van der Waals surface area contributed by atoms with Gasteiger partial charge in [0.2, 0.25) is 11.7 Å². The number of amides is 1. The Bertz CT molecular complexity index is 1080. The van der Waals surface area contributed by atoms with Crippen molar-refractivity contribution in [3.8, 4) is 11.4 Å². The van der Waals surface area contributed by atoms with Gasteiger partial charge in [0.05, 0.1) is 11.6 Å². The van der Waals surface area contributed by atoms with Crippen molar-refractivity contribution in [3.05, 3.63) is 59.6 Å². The molecule has 10 nitrogen and oxygen atoms in total. The van der Waals surface area contributed by atoms with E-state index < -0.39 is 5.97 Å². The fourth-order valence-electron chi connectivity index (χ4n) is 3.68. The normalized spacial score (nSPS) is 16.2. The van der Waals surface area contributed by atoms with E-state index in [0.717, 1.165) is 24.9 Å². The smallest absolute Gasteiger partial charge is 0.335 e. The number of nitrogens with one attached hydrogen (secondary N) is 1. The fraction of sp³-hybridized carbons (Fsp3) is 0.318.